The number of fused-ring (bicyclic) bond motifs is 1. The van der Waals surface area contributed by atoms with Crippen LogP contribution in [0.15, 0.2) is 65.6 Å². The van der Waals surface area contributed by atoms with Crippen LogP contribution >= 0.6 is 0 Å². The number of aryl methyl sites for hydroxylation is 2. The van der Waals surface area contributed by atoms with Crippen LogP contribution in [0.5, 0.6) is 0 Å². The summed E-state index contributed by atoms with van der Waals surface area (Å²) in [4.78, 5) is 23.7. The number of nitro groups is 1. The molecular weight excluding hydrogens is 442 g/mol. The molecule has 1 aliphatic heterocycles. The second kappa shape index (κ2) is 8.32. The Morgan fingerprint density at radius 1 is 1.06 bits per heavy atom. The maximum Gasteiger partial charge on any atom is 0.274 e. The number of nitrogens with one attached hydrogen (secondary N) is 1. The minimum absolute atomic E-state index is 0.00492. The highest BCUT2D eigenvalue weighted by molar-refractivity contribution is 7.92. The van der Waals surface area contributed by atoms with Crippen LogP contribution in [0.2, 0.25) is 0 Å². The van der Waals surface area contributed by atoms with Gasteiger partial charge in [0.15, 0.2) is 0 Å². The predicted molar refractivity (Wildman–Crippen MR) is 126 cm³/mol. The molecule has 4 rings (SSSR count). The van der Waals surface area contributed by atoms with Gasteiger partial charge in [0.25, 0.3) is 21.6 Å². The molecule has 33 heavy (non-hydrogen) atoms. The molecule has 0 saturated heterocycles. The molecular formula is C24H23N3O5S. The van der Waals surface area contributed by atoms with Gasteiger partial charge in [0.05, 0.1) is 21.2 Å². The van der Waals surface area contributed by atoms with Crippen LogP contribution in [-0.2, 0) is 16.4 Å². The lowest BCUT2D eigenvalue weighted by Gasteiger charge is -2.24. The van der Waals surface area contributed by atoms with Crippen molar-refractivity contribution in [1.29, 1.82) is 0 Å². The van der Waals surface area contributed by atoms with Gasteiger partial charge in [-0.05, 0) is 68.7 Å². The van der Waals surface area contributed by atoms with E-state index in [9.17, 15) is 23.3 Å². The molecule has 1 atom stereocenters. The molecule has 3 aromatic rings. The summed E-state index contributed by atoms with van der Waals surface area (Å²) in [6.45, 7) is 5.21. The van der Waals surface area contributed by atoms with Crippen LogP contribution in [0.4, 0.5) is 17.1 Å². The lowest BCUT2D eigenvalue weighted by atomic mass is 10.1. The van der Waals surface area contributed by atoms with Crippen LogP contribution in [-0.4, -0.2) is 25.3 Å². The third-order valence-corrected chi connectivity index (χ3v) is 7.71. The predicted octanol–water partition coefficient (Wildman–Crippen LogP) is 4.60. The summed E-state index contributed by atoms with van der Waals surface area (Å²) in [5.41, 5.74) is 3.09. The first-order valence-corrected chi connectivity index (χ1v) is 11.8. The van der Waals surface area contributed by atoms with E-state index in [1.165, 1.54) is 34.6 Å². The Balaban J connectivity index is 1.66. The van der Waals surface area contributed by atoms with E-state index >= 15 is 0 Å². The molecule has 9 heteroatoms. The van der Waals surface area contributed by atoms with E-state index < -0.39 is 20.9 Å². The Bertz CT molecular complexity index is 1380. The molecule has 1 N–H and O–H groups in total. The van der Waals surface area contributed by atoms with E-state index in [0.717, 1.165) is 5.56 Å². The quantitative estimate of drug-likeness (QED) is 0.437. The van der Waals surface area contributed by atoms with Crippen LogP contribution < -0.4 is 9.62 Å². The Morgan fingerprint density at radius 2 is 1.79 bits per heavy atom. The number of benzene rings is 3. The molecule has 0 aliphatic carbocycles. The average molecular weight is 466 g/mol. The van der Waals surface area contributed by atoms with Crippen LogP contribution in [0, 0.1) is 24.0 Å². The van der Waals surface area contributed by atoms with E-state index in [4.69, 9.17) is 0 Å². The molecule has 0 saturated carbocycles. The number of anilines is 2. The Kier molecular flexibility index (Phi) is 5.67. The number of hydrogen-bond donors (Lipinski definition) is 1. The molecule has 170 valence electrons. The highest BCUT2D eigenvalue weighted by Crippen LogP contribution is 2.36. The Hall–Kier alpha value is -3.72. The number of sulfonamides is 1. The monoisotopic (exact) mass is 465 g/mol. The molecule has 0 radical (unpaired) electrons. The molecule has 0 spiro atoms. The largest absolute Gasteiger partial charge is 0.321 e. The molecule has 1 unspecified atom stereocenters. The average Bonchev–Trinajstić information content (AvgIpc) is 3.11. The number of nitro benzene ring substituents is 1. The fourth-order valence-corrected chi connectivity index (χ4v) is 5.92. The molecule has 8 nitrogen and oxygen atoms in total. The molecule has 1 heterocycles. The minimum Gasteiger partial charge on any atom is -0.321 e. The zero-order chi connectivity index (χ0) is 23.9. The maximum atomic E-state index is 13.5. The molecule has 0 bridgehead atoms. The van der Waals surface area contributed by atoms with Crippen molar-refractivity contribution in [2.45, 2.75) is 38.1 Å². The van der Waals surface area contributed by atoms with Gasteiger partial charge in [-0.25, -0.2) is 8.42 Å². The van der Waals surface area contributed by atoms with E-state index in [1.54, 1.807) is 32.0 Å². The van der Waals surface area contributed by atoms with Crippen molar-refractivity contribution in [1.82, 2.24) is 0 Å². The third kappa shape index (κ3) is 4.07. The zero-order valence-electron chi connectivity index (χ0n) is 18.4. The Morgan fingerprint density at radius 3 is 2.52 bits per heavy atom. The van der Waals surface area contributed by atoms with E-state index in [1.807, 2.05) is 19.1 Å². The van der Waals surface area contributed by atoms with E-state index in [2.05, 4.69) is 5.32 Å². The van der Waals surface area contributed by atoms with Crippen molar-refractivity contribution in [3.05, 3.63) is 93.0 Å². The van der Waals surface area contributed by atoms with Gasteiger partial charge in [-0.2, -0.15) is 0 Å². The van der Waals surface area contributed by atoms with Gasteiger partial charge in [-0.3, -0.25) is 19.2 Å². The number of para-hydroxylation sites is 1. The molecule has 1 amide bonds. The van der Waals surface area contributed by atoms with Gasteiger partial charge in [-0.1, -0.05) is 24.3 Å². The fourth-order valence-electron chi connectivity index (χ4n) is 4.18. The van der Waals surface area contributed by atoms with Gasteiger partial charge in [0.2, 0.25) is 0 Å². The van der Waals surface area contributed by atoms with Crippen molar-refractivity contribution in [2.24, 2.45) is 0 Å². The maximum absolute atomic E-state index is 13.5. The topological polar surface area (TPSA) is 110 Å². The summed E-state index contributed by atoms with van der Waals surface area (Å²) in [5.74, 6) is -0.553. The SMILES string of the molecule is Cc1cc(C)c([N+](=O)[O-])cc1NC(=O)c1cccc(S(=O)(=O)N2c3ccccc3CC2C)c1. The number of carbonyl (C=O) groups excluding carboxylic acids is 1. The number of nitrogens with zero attached hydrogens (tertiary/aromatic N) is 2. The highest BCUT2D eigenvalue weighted by atomic mass is 32.2. The summed E-state index contributed by atoms with van der Waals surface area (Å²) in [6, 6.07) is 15.9. The molecule has 1 aliphatic rings. The van der Waals surface area contributed by atoms with Gasteiger partial charge in [0, 0.05) is 23.2 Å². The Labute approximate surface area is 192 Å². The minimum atomic E-state index is -3.90. The number of rotatable bonds is 5. The highest BCUT2D eigenvalue weighted by Gasteiger charge is 2.36. The van der Waals surface area contributed by atoms with Crippen molar-refractivity contribution in [3.63, 3.8) is 0 Å². The lowest BCUT2D eigenvalue weighted by molar-refractivity contribution is -0.385. The first-order chi connectivity index (χ1) is 15.6. The van der Waals surface area contributed by atoms with Gasteiger partial charge in [-0.15, -0.1) is 0 Å². The smallest absolute Gasteiger partial charge is 0.274 e. The normalized spacial score (nSPS) is 15.2. The van der Waals surface area contributed by atoms with E-state index in [0.29, 0.717) is 28.9 Å². The van der Waals surface area contributed by atoms with Gasteiger partial charge < -0.3 is 5.32 Å². The number of hydrogen-bond acceptors (Lipinski definition) is 5. The summed E-state index contributed by atoms with van der Waals surface area (Å²) in [6.07, 6.45) is 0.612. The van der Waals surface area contributed by atoms with Gasteiger partial charge >= 0.3 is 0 Å². The molecule has 0 fully saturated rings. The van der Waals surface area contributed by atoms with Crippen molar-refractivity contribution < 1.29 is 18.1 Å². The first-order valence-electron chi connectivity index (χ1n) is 10.4. The lowest BCUT2D eigenvalue weighted by Crippen LogP contribution is -2.35. The molecule has 3 aromatic carbocycles. The van der Waals surface area contributed by atoms with E-state index in [-0.39, 0.29) is 22.2 Å². The third-order valence-electron chi connectivity index (χ3n) is 5.79. The van der Waals surface area contributed by atoms with Crippen molar-refractivity contribution in [2.75, 3.05) is 9.62 Å². The van der Waals surface area contributed by atoms with Crippen molar-refractivity contribution >= 4 is 33.0 Å². The van der Waals surface area contributed by atoms with Gasteiger partial charge in [0.1, 0.15) is 0 Å². The van der Waals surface area contributed by atoms with Crippen LogP contribution in [0.25, 0.3) is 0 Å². The summed E-state index contributed by atoms with van der Waals surface area (Å²) in [7, 11) is -3.90. The summed E-state index contributed by atoms with van der Waals surface area (Å²) >= 11 is 0. The first kappa shape index (κ1) is 22.5. The second-order valence-electron chi connectivity index (χ2n) is 8.18. The molecule has 0 aromatic heterocycles. The van der Waals surface area contributed by atoms with Crippen LogP contribution in [0.1, 0.15) is 34.0 Å². The van der Waals surface area contributed by atoms with Crippen molar-refractivity contribution in [3.8, 4) is 0 Å². The zero-order valence-corrected chi connectivity index (χ0v) is 19.2. The summed E-state index contributed by atoms with van der Waals surface area (Å²) < 4.78 is 28.3. The fraction of sp³-hybridized carbons (Fsp3) is 0.208. The number of carbonyl (C=O) groups is 1. The standard InChI is InChI=1S/C24H23N3O5S/c1-15-11-16(2)23(27(29)30)14-21(15)25-24(28)19-8-6-9-20(13-19)33(31,32)26-17(3)12-18-7-4-5-10-22(18)26/h4-11,13-14,17H,12H2,1-3H3,(H,25,28). The summed E-state index contributed by atoms with van der Waals surface area (Å²) in [5, 5.41) is 13.9. The van der Waals surface area contributed by atoms with Crippen LogP contribution in [0.3, 0.4) is 0 Å². The number of amides is 1. The second-order valence-corrected chi connectivity index (χ2v) is 9.99.